The standard InChI is InChI=1S/C22H26ClN5O/c1-26-8-10-28(11-9-26)22(29)12-16-4-6-27(7-5-16)21-13-17(15-24)19-14-18(23)2-3-20(19)25-21/h2-3,13-14,16H,4-12H2,1H3. The number of halogens is 1. The quantitative estimate of drug-likeness (QED) is 0.776. The van der Waals surface area contributed by atoms with Crippen LogP contribution >= 0.6 is 11.6 Å². The van der Waals surface area contributed by atoms with Crippen LogP contribution in [0.2, 0.25) is 5.02 Å². The number of amides is 1. The second kappa shape index (κ2) is 8.56. The highest BCUT2D eigenvalue weighted by molar-refractivity contribution is 6.31. The van der Waals surface area contributed by atoms with Crippen LogP contribution in [0, 0.1) is 17.2 Å². The van der Waals surface area contributed by atoms with E-state index >= 15 is 0 Å². The zero-order chi connectivity index (χ0) is 20.4. The van der Waals surface area contributed by atoms with Crippen molar-refractivity contribution in [2.24, 2.45) is 5.92 Å². The molecule has 4 rings (SSSR count). The Morgan fingerprint density at radius 2 is 1.90 bits per heavy atom. The van der Waals surface area contributed by atoms with Gasteiger partial charge in [-0.1, -0.05) is 11.6 Å². The van der Waals surface area contributed by atoms with E-state index in [0.717, 1.165) is 68.8 Å². The average molecular weight is 412 g/mol. The van der Waals surface area contributed by atoms with Crippen molar-refractivity contribution in [3.8, 4) is 6.07 Å². The zero-order valence-electron chi connectivity index (χ0n) is 16.8. The number of likely N-dealkylation sites (N-methyl/N-ethyl adjacent to an activating group) is 1. The van der Waals surface area contributed by atoms with E-state index in [1.165, 1.54) is 0 Å². The lowest BCUT2D eigenvalue weighted by molar-refractivity contribution is -0.133. The molecule has 1 aromatic heterocycles. The Morgan fingerprint density at radius 3 is 2.59 bits per heavy atom. The van der Waals surface area contributed by atoms with Crippen LogP contribution in [-0.4, -0.2) is 67.0 Å². The molecule has 0 aliphatic carbocycles. The minimum atomic E-state index is 0.295. The number of pyridine rings is 1. The number of carbonyl (C=O) groups excluding carboxylic acids is 1. The summed E-state index contributed by atoms with van der Waals surface area (Å²) in [5.41, 5.74) is 1.38. The minimum Gasteiger partial charge on any atom is -0.357 e. The first-order chi connectivity index (χ1) is 14.0. The summed E-state index contributed by atoms with van der Waals surface area (Å²) in [5, 5.41) is 10.9. The smallest absolute Gasteiger partial charge is 0.222 e. The van der Waals surface area contributed by atoms with Gasteiger partial charge in [0.05, 0.1) is 17.1 Å². The fraction of sp³-hybridized carbons (Fsp3) is 0.500. The molecule has 29 heavy (non-hydrogen) atoms. The first kappa shape index (κ1) is 19.9. The van der Waals surface area contributed by atoms with E-state index in [1.54, 1.807) is 12.1 Å². The van der Waals surface area contributed by atoms with Crippen LogP contribution in [0.5, 0.6) is 0 Å². The molecule has 0 bridgehead atoms. The maximum Gasteiger partial charge on any atom is 0.222 e. The van der Waals surface area contributed by atoms with Crippen molar-refractivity contribution in [3.63, 3.8) is 0 Å². The number of hydrogen-bond acceptors (Lipinski definition) is 5. The van der Waals surface area contributed by atoms with Crippen molar-refractivity contribution in [1.29, 1.82) is 5.26 Å². The topological polar surface area (TPSA) is 63.5 Å². The molecular formula is C22H26ClN5O. The van der Waals surface area contributed by atoms with Gasteiger partial charge in [0.15, 0.2) is 0 Å². The summed E-state index contributed by atoms with van der Waals surface area (Å²) in [7, 11) is 2.10. The molecule has 2 aliphatic heterocycles. The summed E-state index contributed by atoms with van der Waals surface area (Å²) in [6.45, 7) is 5.33. The third-order valence-electron chi connectivity index (χ3n) is 6.14. The van der Waals surface area contributed by atoms with E-state index in [9.17, 15) is 10.1 Å². The summed E-state index contributed by atoms with van der Waals surface area (Å²) >= 11 is 6.08. The SMILES string of the molecule is CN1CCN(C(=O)CC2CCN(c3cc(C#N)c4cc(Cl)ccc4n3)CC2)CC1. The number of piperidine rings is 1. The third-order valence-corrected chi connectivity index (χ3v) is 6.37. The van der Waals surface area contributed by atoms with Gasteiger partial charge in [-0.15, -0.1) is 0 Å². The zero-order valence-corrected chi connectivity index (χ0v) is 17.5. The first-order valence-corrected chi connectivity index (χ1v) is 10.6. The number of piperazine rings is 1. The van der Waals surface area contributed by atoms with Crippen molar-refractivity contribution in [3.05, 3.63) is 34.9 Å². The van der Waals surface area contributed by atoms with Crippen LogP contribution in [0.1, 0.15) is 24.8 Å². The Hall–Kier alpha value is -2.36. The molecule has 2 aliphatic rings. The number of aromatic nitrogens is 1. The van der Waals surface area contributed by atoms with E-state index in [2.05, 4.69) is 22.9 Å². The number of benzene rings is 1. The summed E-state index contributed by atoms with van der Waals surface area (Å²) in [4.78, 5) is 23.9. The molecule has 0 unspecified atom stereocenters. The van der Waals surface area contributed by atoms with Gasteiger partial charge in [0, 0.05) is 56.1 Å². The number of fused-ring (bicyclic) bond motifs is 1. The van der Waals surface area contributed by atoms with Gasteiger partial charge in [0.25, 0.3) is 0 Å². The molecule has 1 amide bonds. The molecule has 6 nitrogen and oxygen atoms in total. The maximum absolute atomic E-state index is 12.6. The third kappa shape index (κ3) is 4.47. The minimum absolute atomic E-state index is 0.295. The van der Waals surface area contributed by atoms with E-state index in [0.29, 0.717) is 28.8 Å². The summed E-state index contributed by atoms with van der Waals surface area (Å²) < 4.78 is 0. The first-order valence-electron chi connectivity index (χ1n) is 10.2. The van der Waals surface area contributed by atoms with Crippen LogP contribution in [0.4, 0.5) is 5.82 Å². The molecule has 1 aromatic carbocycles. The number of nitrogens with zero attached hydrogens (tertiary/aromatic N) is 5. The van der Waals surface area contributed by atoms with Crippen LogP contribution in [0.25, 0.3) is 10.9 Å². The lowest BCUT2D eigenvalue weighted by atomic mass is 9.92. The lowest BCUT2D eigenvalue weighted by Gasteiger charge is -2.36. The fourth-order valence-electron chi connectivity index (χ4n) is 4.24. The predicted molar refractivity (Wildman–Crippen MR) is 115 cm³/mol. The molecule has 3 heterocycles. The average Bonchev–Trinajstić information content (AvgIpc) is 2.74. The van der Waals surface area contributed by atoms with Crippen LogP contribution in [0.3, 0.4) is 0 Å². The molecular weight excluding hydrogens is 386 g/mol. The molecule has 2 saturated heterocycles. The number of hydrogen-bond donors (Lipinski definition) is 0. The molecule has 0 N–H and O–H groups in total. The Labute approximate surface area is 176 Å². The van der Waals surface area contributed by atoms with E-state index in [1.807, 2.05) is 17.0 Å². The van der Waals surface area contributed by atoms with Crippen LogP contribution in [-0.2, 0) is 4.79 Å². The van der Waals surface area contributed by atoms with Crippen molar-refractivity contribution in [1.82, 2.24) is 14.8 Å². The molecule has 0 spiro atoms. The van der Waals surface area contributed by atoms with Crippen LogP contribution < -0.4 is 4.90 Å². The normalized spacial score (nSPS) is 18.8. The molecule has 2 fully saturated rings. The Kier molecular flexibility index (Phi) is 5.89. The highest BCUT2D eigenvalue weighted by Gasteiger charge is 2.26. The van der Waals surface area contributed by atoms with Gasteiger partial charge in [-0.2, -0.15) is 5.26 Å². The fourth-order valence-corrected chi connectivity index (χ4v) is 4.41. The molecule has 152 valence electrons. The maximum atomic E-state index is 12.6. The number of nitriles is 1. The highest BCUT2D eigenvalue weighted by atomic mass is 35.5. The van der Waals surface area contributed by atoms with E-state index in [4.69, 9.17) is 16.6 Å². The second-order valence-electron chi connectivity index (χ2n) is 8.12. The second-order valence-corrected chi connectivity index (χ2v) is 8.56. The highest BCUT2D eigenvalue weighted by Crippen LogP contribution is 2.29. The van der Waals surface area contributed by atoms with Gasteiger partial charge in [0.1, 0.15) is 5.82 Å². The summed E-state index contributed by atoms with van der Waals surface area (Å²) in [6.07, 6.45) is 2.59. The number of anilines is 1. The van der Waals surface area contributed by atoms with Gasteiger partial charge in [-0.05, 0) is 50.1 Å². The summed E-state index contributed by atoms with van der Waals surface area (Å²) in [5.74, 6) is 1.55. The van der Waals surface area contributed by atoms with Crippen LogP contribution in [0.15, 0.2) is 24.3 Å². The Morgan fingerprint density at radius 1 is 1.17 bits per heavy atom. The summed E-state index contributed by atoms with van der Waals surface area (Å²) in [6, 6.07) is 9.59. The van der Waals surface area contributed by atoms with Crippen molar-refractivity contribution in [2.45, 2.75) is 19.3 Å². The molecule has 0 atom stereocenters. The van der Waals surface area contributed by atoms with Gasteiger partial charge < -0.3 is 14.7 Å². The predicted octanol–water partition coefficient (Wildman–Crippen LogP) is 3.14. The van der Waals surface area contributed by atoms with Gasteiger partial charge in [-0.25, -0.2) is 4.98 Å². The van der Waals surface area contributed by atoms with E-state index in [-0.39, 0.29) is 0 Å². The van der Waals surface area contributed by atoms with Crippen molar-refractivity contribution >= 4 is 34.2 Å². The van der Waals surface area contributed by atoms with Crippen molar-refractivity contribution < 1.29 is 4.79 Å². The Balaban J connectivity index is 1.39. The monoisotopic (exact) mass is 411 g/mol. The Bertz CT molecular complexity index is 940. The van der Waals surface area contributed by atoms with Gasteiger partial charge >= 0.3 is 0 Å². The lowest BCUT2D eigenvalue weighted by Crippen LogP contribution is -2.47. The number of rotatable bonds is 3. The molecule has 0 radical (unpaired) electrons. The molecule has 7 heteroatoms. The van der Waals surface area contributed by atoms with E-state index < -0.39 is 0 Å². The largest absolute Gasteiger partial charge is 0.357 e. The number of carbonyl (C=O) groups is 1. The van der Waals surface area contributed by atoms with Gasteiger partial charge in [-0.3, -0.25) is 4.79 Å². The molecule has 0 saturated carbocycles. The van der Waals surface area contributed by atoms with Crippen molar-refractivity contribution in [2.75, 3.05) is 51.2 Å². The molecule has 2 aromatic rings. The van der Waals surface area contributed by atoms with Gasteiger partial charge in [0.2, 0.25) is 5.91 Å².